The van der Waals surface area contributed by atoms with E-state index in [9.17, 15) is 9.59 Å². The third-order valence-electron chi connectivity index (χ3n) is 6.62. The largest absolute Gasteiger partial charge is 0.336 e. The molecule has 1 aliphatic heterocycles. The molecule has 1 fully saturated rings. The Morgan fingerprint density at radius 1 is 0.824 bits per heavy atom. The molecule has 0 unspecified atom stereocenters. The predicted molar refractivity (Wildman–Crippen MR) is 136 cm³/mol. The van der Waals surface area contributed by atoms with Gasteiger partial charge in [0.25, 0.3) is 11.5 Å². The van der Waals surface area contributed by atoms with Gasteiger partial charge in [0.2, 0.25) is 0 Å². The van der Waals surface area contributed by atoms with Gasteiger partial charge in [-0.25, -0.2) is 0 Å². The topological polar surface area (TPSA) is 45.6 Å². The first-order chi connectivity index (χ1) is 16.6. The van der Waals surface area contributed by atoms with Crippen LogP contribution in [0.15, 0.2) is 89.9 Å². The number of hydrogen-bond donors (Lipinski definition) is 0. The van der Waals surface area contributed by atoms with Crippen molar-refractivity contribution in [3.8, 4) is 0 Å². The van der Waals surface area contributed by atoms with Gasteiger partial charge >= 0.3 is 0 Å². The minimum Gasteiger partial charge on any atom is -0.336 e. The molecule has 0 aliphatic carbocycles. The van der Waals surface area contributed by atoms with Crippen LogP contribution in [0.3, 0.4) is 0 Å². The summed E-state index contributed by atoms with van der Waals surface area (Å²) in [4.78, 5) is 30.5. The number of benzene rings is 3. The highest BCUT2D eigenvalue weighted by Crippen LogP contribution is 2.20. The van der Waals surface area contributed by atoms with Crippen molar-refractivity contribution in [2.75, 3.05) is 26.2 Å². The van der Waals surface area contributed by atoms with Crippen molar-refractivity contribution in [2.45, 2.75) is 20.0 Å². The van der Waals surface area contributed by atoms with E-state index in [-0.39, 0.29) is 17.0 Å². The molecule has 3 aromatic carbocycles. The van der Waals surface area contributed by atoms with Crippen LogP contribution in [0.1, 0.15) is 27.0 Å². The van der Waals surface area contributed by atoms with Gasteiger partial charge in [-0.1, -0.05) is 72.3 Å². The molecular formula is C29H29N3O2. The maximum atomic E-state index is 13.2. The first-order valence-corrected chi connectivity index (χ1v) is 11.8. The van der Waals surface area contributed by atoms with Crippen molar-refractivity contribution < 1.29 is 4.79 Å². The van der Waals surface area contributed by atoms with E-state index in [0.29, 0.717) is 19.6 Å². The molecule has 5 rings (SSSR count). The summed E-state index contributed by atoms with van der Waals surface area (Å²) in [6.07, 6.45) is 1.75. The Bertz CT molecular complexity index is 1380. The SMILES string of the molecule is Cc1cccc(Cn2cccc(C(=O)N3CCN(Cc4cccc5ccccc45)CC3)c2=O)c1. The second-order valence-electron chi connectivity index (χ2n) is 9.05. The molecule has 0 saturated carbocycles. The third-order valence-corrected chi connectivity index (χ3v) is 6.62. The fraction of sp³-hybridized carbons (Fsp3) is 0.241. The Hall–Kier alpha value is -3.70. The highest BCUT2D eigenvalue weighted by Gasteiger charge is 2.24. The van der Waals surface area contributed by atoms with Crippen LogP contribution in [0.2, 0.25) is 0 Å². The number of pyridine rings is 1. The molecule has 1 aromatic heterocycles. The first-order valence-electron chi connectivity index (χ1n) is 11.8. The normalized spacial score (nSPS) is 14.4. The van der Waals surface area contributed by atoms with Gasteiger partial charge in [-0.3, -0.25) is 14.5 Å². The molecule has 0 radical (unpaired) electrons. The lowest BCUT2D eigenvalue weighted by Crippen LogP contribution is -2.49. The predicted octanol–water partition coefficient (Wildman–Crippen LogP) is 4.32. The van der Waals surface area contributed by atoms with Gasteiger partial charge in [-0.05, 0) is 41.0 Å². The van der Waals surface area contributed by atoms with Crippen LogP contribution >= 0.6 is 0 Å². The molecule has 0 atom stereocenters. The number of nitrogens with zero attached hydrogens (tertiary/aromatic N) is 3. The van der Waals surface area contributed by atoms with E-state index < -0.39 is 0 Å². The number of carbonyl (C=O) groups excluding carboxylic acids is 1. The van der Waals surface area contributed by atoms with Crippen LogP contribution in [-0.4, -0.2) is 46.5 Å². The molecule has 2 heterocycles. The number of aryl methyl sites for hydroxylation is 1. The van der Waals surface area contributed by atoms with Crippen LogP contribution in [-0.2, 0) is 13.1 Å². The summed E-state index contributed by atoms with van der Waals surface area (Å²) in [6, 6.07) is 26.4. The molecule has 1 saturated heterocycles. The van der Waals surface area contributed by atoms with Crippen molar-refractivity contribution >= 4 is 16.7 Å². The molecule has 0 spiro atoms. The monoisotopic (exact) mass is 451 g/mol. The van der Waals surface area contributed by atoms with E-state index in [1.165, 1.54) is 16.3 Å². The number of hydrogen-bond acceptors (Lipinski definition) is 3. The van der Waals surface area contributed by atoms with Crippen molar-refractivity contribution in [2.24, 2.45) is 0 Å². The summed E-state index contributed by atoms with van der Waals surface area (Å²) in [5, 5.41) is 2.53. The van der Waals surface area contributed by atoms with Crippen molar-refractivity contribution in [1.29, 1.82) is 0 Å². The lowest BCUT2D eigenvalue weighted by atomic mass is 10.0. The first kappa shape index (κ1) is 22.1. The van der Waals surface area contributed by atoms with E-state index in [2.05, 4.69) is 53.4 Å². The number of aromatic nitrogens is 1. The summed E-state index contributed by atoms with van der Waals surface area (Å²) in [7, 11) is 0. The van der Waals surface area contributed by atoms with Crippen LogP contribution in [0, 0.1) is 6.92 Å². The highest BCUT2D eigenvalue weighted by molar-refractivity contribution is 5.94. The molecule has 5 nitrogen and oxygen atoms in total. The fourth-order valence-electron chi connectivity index (χ4n) is 4.78. The zero-order valence-electron chi connectivity index (χ0n) is 19.5. The minimum atomic E-state index is -0.229. The zero-order valence-corrected chi connectivity index (χ0v) is 19.5. The molecule has 0 bridgehead atoms. The summed E-state index contributed by atoms with van der Waals surface area (Å²) in [5.74, 6) is -0.173. The van der Waals surface area contributed by atoms with Crippen LogP contribution in [0.4, 0.5) is 0 Å². The molecule has 1 aliphatic rings. The number of rotatable bonds is 5. The summed E-state index contributed by atoms with van der Waals surface area (Å²) in [6.45, 7) is 6.18. The number of carbonyl (C=O) groups is 1. The van der Waals surface area contributed by atoms with E-state index in [4.69, 9.17) is 0 Å². The summed E-state index contributed by atoms with van der Waals surface area (Å²) >= 11 is 0. The Labute approximate surface area is 199 Å². The maximum Gasteiger partial charge on any atom is 0.263 e. The molecule has 5 heteroatoms. The average Bonchev–Trinajstić information content (AvgIpc) is 2.86. The van der Waals surface area contributed by atoms with E-state index >= 15 is 0 Å². The zero-order chi connectivity index (χ0) is 23.5. The van der Waals surface area contributed by atoms with Gasteiger partial charge in [-0.2, -0.15) is 0 Å². The second kappa shape index (κ2) is 9.65. The molecular weight excluding hydrogens is 422 g/mol. The van der Waals surface area contributed by atoms with Crippen LogP contribution in [0.5, 0.6) is 0 Å². The smallest absolute Gasteiger partial charge is 0.263 e. The Morgan fingerprint density at radius 2 is 1.59 bits per heavy atom. The maximum absolute atomic E-state index is 13.2. The van der Waals surface area contributed by atoms with Gasteiger partial charge in [0, 0.05) is 38.9 Å². The quantitative estimate of drug-likeness (QED) is 0.454. The van der Waals surface area contributed by atoms with Crippen LogP contribution in [0.25, 0.3) is 10.8 Å². The molecule has 4 aromatic rings. The third kappa shape index (κ3) is 4.66. The molecule has 34 heavy (non-hydrogen) atoms. The standard InChI is InChI=1S/C29H29N3O2/c1-22-7-4-8-23(19-22)20-32-14-6-13-27(29(32)34)28(33)31-17-15-30(16-18-31)21-25-11-5-10-24-9-2-3-12-26(24)25/h2-14,19H,15-18,20-21H2,1H3. The van der Waals surface area contributed by atoms with Gasteiger partial charge in [0.1, 0.15) is 5.56 Å². The fourth-order valence-corrected chi connectivity index (χ4v) is 4.78. The molecule has 0 N–H and O–H groups in total. The number of fused-ring (bicyclic) bond motifs is 1. The highest BCUT2D eigenvalue weighted by atomic mass is 16.2. The van der Waals surface area contributed by atoms with Crippen molar-refractivity contribution in [3.05, 3.63) is 118 Å². The summed E-state index contributed by atoms with van der Waals surface area (Å²) < 4.78 is 1.62. The minimum absolute atomic E-state index is 0.173. The van der Waals surface area contributed by atoms with Crippen molar-refractivity contribution in [1.82, 2.24) is 14.4 Å². The molecule has 1 amide bonds. The van der Waals surface area contributed by atoms with Crippen molar-refractivity contribution in [3.63, 3.8) is 0 Å². The number of amides is 1. The number of piperazine rings is 1. The average molecular weight is 452 g/mol. The Morgan fingerprint density at radius 3 is 2.41 bits per heavy atom. The lowest BCUT2D eigenvalue weighted by Gasteiger charge is -2.35. The van der Waals surface area contributed by atoms with Gasteiger partial charge in [-0.15, -0.1) is 0 Å². The van der Waals surface area contributed by atoms with Gasteiger partial charge in [0.05, 0.1) is 6.54 Å². The lowest BCUT2D eigenvalue weighted by molar-refractivity contribution is 0.0626. The van der Waals surface area contributed by atoms with Gasteiger partial charge < -0.3 is 9.47 Å². The van der Waals surface area contributed by atoms with E-state index in [1.54, 1.807) is 22.9 Å². The second-order valence-corrected chi connectivity index (χ2v) is 9.05. The van der Waals surface area contributed by atoms with Gasteiger partial charge in [0.15, 0.2) is 0 Å². The Kier molecular flexibility index (Phi) is 6.28. The van der Waals surface area contributed by atoms with E-state index in [0.717, 1.165) is 30.8 Å². The van der Waals surface area contributed by atoms with Crippen LogP contribution < -0.4 is 5.56 Å². The summed E-state index contributed by atoms with van der Waals surface area (Å²) in [5.41, 5.74) is 3.53. The molecule has 172 valence electrons. The van der Waals surface area contributed by atoms with E-state index in [1.807, 2.05) is 30.0 Å². The Balaban J connectivity index is 1.26.